The molecule has 1 aliphatic rings. The predicted octanol–water partition coefficient (Wildman–Crippen LogP) is 0.799. The summed E-state index contributed by atoms with van der Waals surface area (Å²) in [6.07, 6.45) is 4.23. The highest BCUT2D eigenvalue weighted by atomic mass is 35.5. The molecule has 1 fully saturated rings. The van der Waals surface area contributed by atoms with Crippen molar-refractivity contribution < 1.29 is 9.72 Å². The minimum absolute atomic E-state index is 0. The molecule has 1 atom stereocenters. The first kappa shape index (κ1) is 17.4. The molecule has 1 aromatic rings. The van der Waals surface area contributed by atoms with Crippen molar-refractivity contribution in [2.45, 2.75) is 32.4 Å². The summed E-state index contributed by atoms with van der Waals surface area (Å²) in [5.74, 6) is 0.399. The van der Waals surface area contributed by atoms with Crippen LogP contribution in [0.3, 0.4) is 0 Å². The Bertz CT molecular complexity index is 497. The van der Waals surface area contributed by atoms with Gasteiger partial charge in [-0.3, -0.25) is 19.6 Å². The molecule has 1 unspecified atom stereocenters. The Hall–Kier alpha value is -1.67. The standard InChI is InChI=1S/C12H19N5O3.ClH/c1-9(13)10-2-4-15(5-3-10)12(18)8-16-7-11(6-14-16)17(19)20;/h6-7,9-10H,2-5,8,13H2,1H3;1H. The quantitative estimate of drug-likeness (QED) is 0.652. The molecule has 1 aromatic heterocycles. The number of carbonyl (C=O) groups excluding carboxylic acids is 1. The molecule has 2 N–H and O–H groups in total. The van der Waals surface area contributed by atoms with Crippen LogP contribution in [-0.4, -0.2) is 44.6 Å². The number of halogens is 1. The molecule has 1 amide bonds. The third kappa shape index (κ3) is 4.40. The van der Waals surface area contributed by atoms with Crippen molar-refractivity contribution in [1.82, 2.24) is 14.7 Å². The predicted molar refractivity (Wildman–Crippen MR) is 79.1 cm³/mol. The maximum atomic E-state index is 12.1. The second kappa shape index (κ2) is 7.37. The van der Waals surface area contributed by atoms with Crippen molar-refractivity contribution in [2.75, 3.05) is 13.1 Å². The lowest BCUT2D eigenvalue weighted by atomic mass is 9.91. The molecule has 118 valence electrons. The van der Waals surface area contributed by atoms with Gasteiger partial charge in [-0.15, -0.1) is 12.4 Å². The van der Waals surface area contributed by atoms with Gasteiger partial charge in [0.1, 0.15) is 18.9 Å². The van der Waals surface area contributed by atoms with Crippen LogP contribution in [0.4, 0.5) is 5.69 Å². The third-order valence-electron chi connectivity index (χ3n) is 3.76. The number of nitrogens with two attached hydrogens (primary N) is 1. The van der Waals surface area contributed by atoms with Crippen LogP contribution in [-0.2, 0) is 11.3 Å². The molecule has 21 heavy (non-hydrogen) atoms. The number of piperidine rings is 1. The van der Waals surface area contributed by atoms with E-state index in [2.05, 4.69) is 5.10 Å². The minimum Gasteiger partial charge on any atom is -0.341 e. The van der Waals surface area contributed by atoms with Crippen molar-refractivity contribution in [3.8, 4) is 0 Å². The minimum atomic E-state index is -0.526. The molecule has 1 aliphatic heterocycles. The first-order valence-corrected chi connectivity index (χ1v) is 6.67. The van der Waals surface area contributed by atoms with E-state index >= 15 is 0 Å². The average molecular weight is 318 g/mol. The van der Waals surface area contributed by atoms with Crippen LogP contribution in [0, 0.1) is 16.0 Å². The maximum Gasteiger partial charge on any atom is 0.307 e. The first-order chi connectivity index (χ1) is 9.47. The SMILES string of the molecule is CC(N)C1CCN(C(=O)Cn2cc([N+](=O)[O-])cn2)CC1.Cl. The normalized spacial score (nSPS) is 17.1. The fourth-order valence-corrected chi connectivity index (χ4v) is 2.45. The average Bonchev–Trinajstić information content (AvgIpc) is 2.87. The van der Waals surface area contributed by atoms with Gasteiger partial charge in [-0.05, 0) is 25.7 Å². The number of amides is 1. The topological polar surface area (TPSA) is 107 Å². The highest BCUT2D eigenvalue weighted by Crippen LogP contribution is 2.19. The second-order valence-electron chi connectivity index (χ2n) is 5.23. The number of rotatable bonds is 4. The highest BCUT2D eigenvalue weighted by molar-refractivity contribution is 5.85. The van der Waals surface area contributed by atoms with Gasteiger partial charge < -0.3 is 10.6 Å². The zero-order valence-corrected chi connectivity index (χ0v) is 12.7. The van der Waals surface area contributed by atoms with Gasteiger partial charge in [0.25, 0.3) is 0 Å². The summed E-state index contributed by atoms with van der Waals surface area (Å²) in [5.41, 5.74) is 5.76. The van der Waals surface area contributed by atoms with E-state index in [0.717, 1.165) is 19.0 Å². The van der Waals surface area contributed by atoms with Crippen molar-refractivity contribution in [3.63, 3.8) is 0 Å². The summed E-state index contributed by atoms with van der Waals surface area (Å²) in [6.45, 7) is 3.41. The van der Waals surface area contributed by atoms with Gasteiger partial charge in [-0.2, -0.15) is 5.10 Å². The van der Waals surface area contributed by atoms with E-state index in [0.29, 0.717) is 19.0 Å². The second-order valence-corrected chi connectivity index (χ2v) is 5.23. The molecule has 0 saturated carbocycles. The third-order valence-corrected chi connectivity index (χ3v) is 3.76. The lowest BCUT2D eigenvalue weighted by Crippen LogP contribution is -2.43. The van der Waals surface area contributed by atoms with Gasteiger partial charge in [-0.1, -0.05) is 0 Å². The number of aromatic nitrogens is 2. The van der Waals surface area contributed by atoms with Gasteiger partial charge >= 0.3 is 5.69 Å². The number of nitrogens with zero attached hydrogens (tertiary/aromatic N) is 4. The molecule has 0 bridgehead atoms. The van der Waals surface area contributed by atoms with Gasteiger partial charge in [-0.25, -0.2) is 0 Å². The van der Waals surface area contributed by atoms with E-state index in [1.165, 1.54) is 10.9 Å². The molecule has 0 radical (unpaired) electrons. The smallest absolute Gasteiger partial charge is 0.307 e. The lowest BCUT2D eigenvalue weighted by Gasteiger charge is -2.33. The molecular weight excluding hydrogens is 298 g/mol. The maximum absolute atomic E-state index is 12.1. The van der Waals surface area contributed by atoms with Crippen molar-refractivity contribution >= 4 is 24.0 Å². The van der Waals surface area contributed by atoms with Crippen molar-refractivity contribution in [2.24, 2.45) is 11.7 Å². The summed E-state index contributed by atoms with van der Waals surface area (Å²) in [4.78, 5) is 23.9. The van der Waals surface area contributed by atoms with Gasteiger partial charge in [0, 0.05) is 19.1 Å². The van der Waals surface area contributed by atoms with Crippen LogP contribution >= 0.6 is 12.4 Å². The van der Waals surface area contributed by atoms with Crippen LogP contribution in [0.25, 0.3) is 0 Å². The summed E-state index contributed by atoms with van der Waals surface area (Å²) >= 11 is 0. The summed E-state index contributed by atoms with van der Waals surface area (Å²) in [5, 5.41) is 14.4. The first-order valence-electron chi connectivity index (χ1n) is 6.67. The fourth-order valence-electron chi connectivity index (χ4n) is 2.45. The van der Waals surface area contributed by atoms with E-state index in [1.54, 1.807) is 4.90 Å². The van der Waals surface area contributed by atoms with Gasteiger partial charge in [0.2, 0.25) is 5.91 Å². The van der Waals surface area contributed by atoms with E-state index in [-0.39, 0.29) is 36.6 Å². The summed E-state index contributed by atoms with van der Waals surface area (Å²) in [7, 11) is 0. The van der Waals surface area contributed by atoms with E-state index in [4.69, 9.17) is 5.73 Å². The monoisotopic (exact) mass is 317 g/mol. The van der Waals surface area contributed by atoms with Crippen LogP contribution in [0.2, 0.25) is 0 Å². The highest BCUT2D eigenvalue weighted by Gasteiger charge is 2.25. The molecule has 8 nitrogen and oxygen atoms in total. The molecule has 2 rings (SSSR count). The molecule has 0 spiro atoms. The fraction of sp³-hybridized carbons (Fsp3) is 0.667. The van der Waals surface area contributed by atoms with Crippen LogP contribution < -0.4 is 5.73 Å². The van der Waals surface area contributed by atoms with E-state index < -0.39 is 4.92 Å². The summed E-state index contributed by atoms with van der Waals surface area (Å²) in [6, 6.07) is 0.154. The van der Waals surface area contributed by atoms with E-state index in [9.17, 15) is 14.9 Å². The Balaban J connectivity index is 0.00000220. The lowest BCUT2D eigenvalue weighted by molar-refractivity contribution is -0.385. The molecule has 0 aliphatic carbocycles. The molecule has 2 heterocycles. The van der Waals surface area contributed by atoms with Crippen LogP contribution in [0.5, 0.6) is 0 Å². The Morgan fingerprint density at radius 3 is 2.67 bits per heavy atom. The molecular formula is C12H20ClN5O3. The number of likely N-dealkylation sites (tertiary alicyclic amines) is 1. The molecule has 1 saturated heterocycles. The number of carbonyl (C=O) groups is 1. The van der Waals surface area contributed by atoms with Gasteiger partial charge in [0.05, 0.1) is 4.92 Å². The Labute approximate surface area is 128 Å². The van der Waals surface area contributed by atoms with Crippen LogP contribution in [0.1, 0.15) is 19.8 Å². The Morgan fingerprint density at radius 2 is 2.19 bits per heavy atom. The van der Waals surface area contributed by atoms with Crippen LogP contribution in [0.15, 0.2) is 12.4 Å². The van der Waals surface area contributed by atoms with Crippen molar-refractivity contribution in [3.05, 3.63) is 22.5 Å². The van der Waals surface area contributed by atoms with E-state index in [1.807, 2.05) is 6.92 Å². The summed E-state index contributed by atoms with van der Waals surface area (Å²) < 4.78 is 1.30. The number of hydrogen-bond acceptors (Lipinski definition) is 5. The van der Waals surface area contributed by atoms with Crippen molar-refractivity contribution in [1.29, 1.82) is 0 Å². The molecule has 0 aromatic carbocycles. The Kier molecular flexibility index (Phi) is 6.10. The zero-order valence-electron chi connectivity index (χ0n) is 11.8. The zero-order chi connectivity index (χ0) is 14.7. The Morgan fingerprint density at radius 1 is 1.57 bits per heavy atom. The largest absolute Gasteiger partial charge is 0.341 e. The van der Waals surface area contributed by atoms with Gasteiger partial charge in [0.15, 0.2) is 0 Å². The number of nitro groups is 1. The number of hydrogen-bond donors (Lipinski definition) is 1. The molecule has 9 heteroatoms.